The van der Waals surface area contributed by atoms with E-state index in [1.165, 1.54) is 13.0 Å². The lowest BCUT2D eigenvalue weighted by atomic mass is 9.86. The van der Waals surface area contributed by atoms with E-state index in [9.17, 15) is 19.5 Å². The molecular weight excluding hydrogens is 420 g/mol. The molecule has 1 aromatic carbocycles. The van der Waals surface area contributed by atoms with E-state index in [1.807, 2.05) is 18.2 Å². The fourth-order valence-corrected chi connectivity index (χ4v) is 4.90. The number of cyclic esters (lactones) is 1. The summed E-state index contributed by atoms with van der Waals surface area (Å²) < 4.78 is 6.79. The first-order valence-corrected chi connectivity index (χ1v) is 11.1. The van der Waals surface area contributed by atoms with Crippen LogP contribution in [0.3, 0.4) is 0 Å². The second-order valence-electron chi connectivity index (χ2n) is 8.59. The molecule has 7 nitrogen and oxygen atoms in total. The quantitative estimate of drug-likeness (QED) is 0.383. The third-order valence-electron chi connectivity index (χ3n) is 6.69. The highest BCUT2D eigenvalue weighted by Crippen LogP contribution is 2.40. The van der Waals surface area contributed by atoms with Gasteiger partial charge in [0, 0.05) is 16.5 Å². The number of carbonyl (C=O) groups excluding carboxylic acids is 2. The number of carbonyl (C=O) groups is 2. The highest BCUT2D eigenvalue weighted by atomic mass is 16.6. The van der Waals surface area contributed by atoms with Gasteiger partial charge in [-0.25, -0.2) is 9.78 Å². The van der Waals surface area contributed by atoms with Crippen molar-refractivity contribution in [3.05, 3.63) is 68.5 Å². The average molecular weight is 444 g/mol. The van der Waals surface area contributed by atoms with Gasteiger partial charge in [-0.2, -0.15) is 0 Å². The first-order chi connectivity index (χ1) is 15.8. The van der Waals surface area contributed by atoms with Gasteiger partial charge in [0.25, 0.3) is 5.56 Å². The zero-order chi connectivity index (χ0) is 23.5. The molecule has 0 spiro atoms. The van der Waals surface area contributed by atoms with Crippen LogP contribution in [0.25, 0.3) is 28.4 Å². The summed E-state index contributed by atoms with van der Waals surface area (Å²) in [5.74, 6) is -0.752. The Hall–Kier alpha value is -3.58. The number of hydrogen-bond acceptors (Lipinski definition) is 6. The maximum atomic E-state index is 13.4. The Labute approximate surface area is 190 Å². The van der Waals surface area contributed by atoms with Crippen LogP contribution in [-0.4, -0.2) is 26.4 Å². The second-order valence-corrected chi connectivity index (χ2v) is 8.59. The molecule has 0 unspecified atom stereocenters. The highest BCUT2D eigenvalue weighted by molar-refractivity contribution is 5.94. The predicted octanol–water partition coefficient (Wildman–Crippen LogP) is 3.24. The van der Waals surface area contributed by atoms with Gasteiger partial charge in [-0.15, -0.1) is 0 Å². The highest BCUT2D eigenvalue weighted by Gasteiger charge is 2.45. The van der Waals surface area contributed by atoms with Crippen molar-refractivity contribution < 1.29 is 19.4 Å². The van der Waals surface area contributed by atoms with Gasteiger partial charge < -0.3 is 14.4 Å². The first-order valence-electron chi connectivity index (χ1n) is 11.1. The number of allylic oxidation sites excluding steroid dienone is 1. The molecule has 3 aromatic rings. The third-order valence-corrected chi connectivity index (χ3v) is 6.69. The molecule has 1 atom stereocenters. The molecule has 0 saturated carbocycles. The third kappa shape index (κ3) is 3.07. The number of aromatic nitrogens is 2. The number of ether oxygens (including phenoxy) is 1. The monoisotopic (exact) mass is 444 g/mol. The SMILES string of the molecule is CCc1c2c(nc3ccc(C=CC(C)=O)cc13)-c1cc3c(c(=O)n1C2)COC(=O)[C@]3(O)CC. The molecular formula is C26H24N2O5. The van der Waals surface area contributed by atoms with Crippen LogP contribution in [0.2, 0.25) is 0 Å². The molecule has 2 aromatic heterocycles. The van der Waals surface area contributed by atoms with Crippen molar-refractivity contribution in [2.45, 2.75) is 52.4 Å². The normalized spacial score (nSPS) is 18.8. The van der Waals surface area contributed by atoms with Crippen LogP contribution < -0.4 is 5.56 Å². The summed E-state index contributed by atoms with van der Waals surface area (Å²) in [5.41, 5.74) is 3.57. The topological polar surface area (TPSA) is 98.5 Å². The fraction of sp³-hybridized carbons (Fsp3) is 0.308. The Morgan fingerprint density at radius 3 is 2.73 bits per heavy atom. The van der Waals surface area contributed by atoms with Crippen molar-refractivity contribution >= 4 is 28.7 Å². The van der Waals surface area contributed by atoms with E-state index >= 15 is 0 Å². The molecule has 5 rings (SSSR count). The van der Waals surface area contributed by atoms with Gasteiger partial charge >= 0.3 is 5.97 Å². The molecule has 0 saturated heterocycles. The van der Waals surface area contributed by atoms with Crippen molar-refractivity contribution in [3.8, 4) is 11.4 Å². The van der Waals surface area contributed by atoms with E-state index in [0.717, 1.165) is 34.0 Å². The number of hydrogen-bond donors (Lipinski definition) is 1. The lowest BCUT2D eigenvalue weighted by Crippen LogP contribution is -2.44. The maximum absolute atomic E-state index is 13.4. The Morgan fingerprint density at radius 2 is 2.03 bits per heavy atom. The van der Waals surface area contributed by atoms with Crippen LogP contribution in [0.15, 0.2) is 35.1 Å². The molecule has 168 valence electrons. The number of benzene rings is 1. The molecule has 0 radical (unpaired) electrons. The van der Waals surface area contributed by atoms with E-state index < -0.39 is 11.6 Å². The summed E-state index contributed by atoms with van der Waals surface area (Å²) in [6.45, 7) is 5.49. The Balaban J connectivity index is 1.75. The zero-order valence-electron chi connectivity index (χ0n) is 18.8. The largest absolute Gasteiger partial charge is 0.458 e. The minimum absolute atomic E-state index is 0.0221. The van der Waals surface area contributed by atoms with Gasteiger partial charge in [0.2, 0.25) is 0 Å². The lowest BCUT2D eigenvalue weighted by Gasteiger charge is -2.31. The predicted molar refractivity (Wildman–Crippen MR) is 124 cm³/mol. The number of ketones is 1. The molecule has 4 heterocycles. The smallest absolute Gasteiger partial charge is 0.343 e. The number of aliphatic hydroxyl groups is 1. The van der Waals surface area contributed by atoms with Gasteiger partial charge in [0.1, 0.15) is 6.61 Å². The summed E-state index contributed by atoms with van der Waals surface area (Å²) in [7, 11) is 0. The molecule has 0 aliphatic carbocycles. The Kier molecular flexibility index (Phi) is 4.83. The van der Waals surface area contributed by atoms with Crippen molar-refractivity contribution in [1.29, 1.82) is 0 Å². The summed E-state index contributed by atoms with van der Waals surface area (Å²) in [6.07, 6.45) is 4.16. The molecule has 2 aliphatic rings. The van der Waals surface area contributed by atoms with E-state index in [2.05, 4.69) is 6.92 Å². The number of fused-ring (bicyclic) bond motifs is 5. The van der Waals surface area contributed by atoms with Crippen molar-refractivity contribution in [1.82, 2.24) is 9.55 Å². The molecule has 0 amide bonds. The Morgan fingerprint density at radius 1 is 1.24 bits per heavy atom. The molecule has 1 N–H and O–H groups in total. The van der Waals surface area contributed by atoms with Crippen molar-refractivity contribution in [2.24, 2.45) is 0 Å². The van der Waals surface area contributed by atoms with Crippen LogP contribution in [0.4, 0.5) is 0 Å². The zero-order valence-corrected chi connectivity index (χ0v) is 18.8. The summed E-state index contributed by atoms with van der Waals surface area (Å²) in [5, 5.41) is 12.0. The molecule has 2 aliphatic heterocycles. The minimum Gasteiger partial charge on any atom is -0.458 e. The minimum atomic E-state index is -1.84. The van der Waals surface area contributed by atoms with Crippen LogP contribution in [0.5, 0.6) is 0 Å². The van der Waals surface area contributed by atoms with Crippen LogP contribution in [0, 0.1) is 0 Å². The van der Waals surface area contributed by atoms with Crippen LogP contribution in [-0.2, 0) is 39.5 Å². The lowest BCUT2D eigenvalue weighted by molar-refractivity contribution is -0.172. The average Bonchev–Trinajstić information content (AvgIpc) is 3.17. The van der Waals surface area contributed by atoms with E-state index in [4.69, 9.17) is 9.72 Å². The first kappa shape index (κ1) is 21.3. The summed E-state index contributed by atoms with van der Waals surface area (Å²) in [6, 6.07) is 7.56. The van der Waals surface area contributed by atoms with E-state index in [1.54, 1.807) is 23.6 Å². The van der Waals surface area contributed by atoms with Crippen LogP contribution in [0.1, 0.15) is 55.0 Å². The molecule has 0 bridgehead atoms. The van der Waals surface area contributed by atoms with Gasteiger partial charge in [0.15, 0.2) is 11.4 Å². The number of nitrogens with zero attached hydrogens (tertiary/aromatic N) is 2. The molecule has 0 fully saturated rings. The van der Waals surface area contributed by atoms with E-state index in [-0.39, 0.29) is 24.4 Å². The second kappa shape index (κ2) is 7.49. The van der Waals surface area contributed by atoms with E-state index in [0.29, 0.717) is 29.1 Å². The number of esters is 1. The van der Waals surface area contributed by atoms with Gasteiger partial charge in [-0.05, 0) is 55.2 Å². The van der Waals surface area contributed by atoms with Crippen molar-refractivity contribution in [3.63, 3.8) is 0 Å². The summed E-state index contributed by atoms with van der Waals surface area (Å²) >= 11 is 0. The molecule has 7 heteroatoms. The molecule has 33 heavy (non-hydrogen) atoms. The number of rotatable bonds is 4. The number of pyridine rings is 2. The van der Waals surface area contributed by atoms with Gasteiger partial charge in [0.05, 0.1) is 29.0 Å². The van der Waals surface area contributed by atoms with Crippen LogP contribution >= 0.6 is 0 Å². The number of aryl methyl sites for hydroxylation is 1. The fourth-order valence-electron chi connectivity index (χ4n) is 4.90. The van der Waals surface area contributed by atoms with Gasteiger partial charge in [-0.1, -0.05) is 26.0 Å². The van der Waals surface area contributed by atoms with Gasteiger partial charge in [-0.3, -0.25) is 9.59 Å². The summed E-state index contributed by atoms with van der Waals surface area (Å²) in [4.78, 5) is 41.9. The van der Waals surface area contributed by atoms with Crippen molar-refractivity contribution in [2.75, 3.05) is 0 Å². The Bertz CT molecular complexity index is 1450. The standard InChI is InChI=1S/C26H24N2O5/c1-4-16-17-10-15(7-6-14(3)29)8-9-21(17)27-23-18(16)12-28-22(23)11-20-19(24(28)30)13-33-25(31)26(20,32)5-2/h6-11,32H,4-5,12-13H2,1-3H3/t26-/m0/s1. The maximum Gasteiger partial charge on any atom is 0.343 e.